The van der Waals surface area contributed by atoms with Crippen LogP contribution in [0.25, 0.3) is 0 Å². The average Bonchev–Trinajstić information content (AvgIpc) is 2.39. The molecule has 6 nitrogen and oxygen atoms in total. The number of aromatic carboxylic acids is 1. The fourth-order valence-electron chi connectivity index (χ4n) is 1.51. The third kappa shape index (κ3) is 3.19. The lowest BCUT2D eigenvalue weighted by molar-refractivity contribution is 0.0697. The second kappa shape index (κ2) is 5.34. The topological polar surface area (TPSA) is 78.4 Å². The minimum atomic E-state index is -0.958. The summed E-state index contributed by atoms with van der Waals surface area (Å²) >= 11 is 0. The van der Waals surface area contributed by atoms with E-state index in [2.05, 4.69) is 15.3 Å². The summed E-state index contributed by atoms with van der Waals surface area (Å²) in [6, 6.07) is 8.28. The molecule has 2 rings (SSSR count). The van der Waals surface area contributed by atoms with Crippen molar-refractivity contribution in [2.45, 2.75) is 0 Å². The minimum Gasteiger partial charge on any atom is -0.478 e. The van der Waals surface area contributed by atoms with Crippen molar-refractivity contribution in [1.82, 2.24) is 9.97 Å². The quantitative estimate of drug-likeness (QED) is 0.873. The lowest BCUT2D eigenvalue weighted by Crippen LogP contribution is -2.13. The van der Waals surface area contributed by atoms with Crippen LogP contribution in [0.2, 0.25) is 0 Å². The Bertz CT molecular complexity index is 599. The van der Waals surface area contributed by atoms with Crippen molar-refractivity contribution >= 4 is 23.4 Å². The first-order chi connectivity index (χ1) is 9.06. The number of carboxylic acids is 1. The molecule has 1 heterocycles. The molecule has 0 radical (unpaired) electrons. The van der Waals surface area contributed by atoms with Crippen LogP contribution in [-0.4, -0.2) is 35.1 Å². The Kier molecular flexibility index (Phi) is 3.61. The predicted octanol–water partition coefficient (Wildman–Crippen LogP) is 1.98. The number of nitrogens with zero attached hydrogens (tertiary/aromatic N) is 3. The lowest BCUT2D eigenvalue weighted by atomic mass is 10.2. The van der Waals surface area contributed by atoms with E-state index in [1.165, 1.54) is 0 Å². The first kappa shape index (κ1) is 12.8. The Labute approximate surface area is 110 Å². The average molecular weight is 258 g/mol. The van der Waals surface area contributed by atoms with E-state index in [9.17, 15) is 4.79 Å². The van der Waals surface area contributed by atoms with Crippen molar-refractivity contribution < 1.29 is 9.90 Å². The van der Waals surface area contributed by atoms with Gasteiger partial charge in [0.05, 0.1) is 5.56 Å². The van der Waals surface area contributed by atoms with Crippen LogP contribution in [-0.2, 0) is 0 Å². The van der Waals surface area contributed by atoms with E-state index >= 15 is 0 Å². The molecule has 0 unspecified atom stereocenters. The number of hydrogen-bond acceptors (Lipinski definition) is 5. The molecule has 6 heteroatoms. The van der Waals surface area contributed by atoms with Crippen molar-refractivity contribution in [3.63, 3.8) is 0 Å². The monoisotopic (exact) mass is 258 g/mol. The van der Waals surface area contributed by atoms with Gasteiger partial charge in [-0.2, -0.15) is 4.98 Å². The maximum Gasteiger partial charge on any atom is 0.335 e. The Morgan fingerprint density at radius 2 is 2.11 bits per heavy atom. The van der Waals surface area contributed by atoms with E-state index in [0.717, 1.165) is 0 Å². The lowest BCUT2D eigenvalue weighted by Gasteiger charge is -2.12. The molecule has 1 aromatic heterocycles. The van der Waals surface area contributed by atoms with E-state index in [1.807, 2.05) is 14.1 Å². The third-order valence-corrected chi connectivity index (χ3v) is 2.42. The van der Waals surface area contributed by atoms with E-state index in [1.54, 1.807) is 41.4 Å². The van der Waals surface area contributed by atoms with Crippen LogP contribution >= 0.6 is 0 Å². The third-order valence-electron chi connectivity index (χ3n) is 2.42. The molecule has 2 N–H and O–H groups in total. The maximum absolute atomic E-state index is 10.9. The van der Waals surface area contributed by atoms with Gasteiger partial charge in [-0.15, -0.1) is 0 Å². The first-order valence-corrected chi connectivity index (χ1v) is 5.67. The predicted molar refractivity (Wildman–Crippen MR) is 73.0 cm³/mol. The van der Waals surface area contributed by atoms with Crippen molar-refractivity contribution in [2.24, 2.45) is 0 Å². The number of aromatic nitrogens is 2. The van der Waals surface area contributed by atoms with Gasteiger partial charge in [0.1, 0.15) is 5.82 Å². The number of benzene rings is 1. The summed E-state index contributed by atoms with van der Waals surface area (Å²) < 4.78 is 0. The second-order valence-electron chi connectivity index (χ2n) is 4.15. The van der Waals surface area contributed by atoms with Crippen molar-refractivity contribution in [3.8, 4) is 0 Å². The summed E-state index contributed by atoms with van der Waals surface area (Å²) in [5.41, 5.74) is 0.898. The molecule has 0 bridgehead atoms. The summed E-state index contributed by atoms with van der Waals surface area (Å²) in [5, 5.41) is 12.0. The largest absolute Gasteiger partial charge is 0.478 e. The number of carboxylic acid groups (broad SMARTS) is 1. The normalized spacial score (nSPS) is 10.0. The van der Waals surface area contributed by atoms with Crippen LogP contribution in [0.5, 0.6) is 0 Å². The molecule has 0 saturated carbocycles. The summed E-state index contributed by atoms with van der Waals surface area (Å²) in [6.45, 7) is 0. The highest BCUT2D eigenvalue weighted by molar-refractivity contribution is 5.89. The van der Waals surface area contributed by atoms with Gasteiger partial charge in [-0.3, -0.25) is 0 Å². The van der Waals surface area contributed by atoms with Gasteiger partial charge in [0.2, 0.25) is 5.95 Å². The summed E-state index contributed by atoms with van der Waals surface area (Å²) in [4.78, 5) is 21.1. The van der Waals surface area contributed by atoms with Gasteiger partial charge < -0.3 is 15.3 Å². The molecule has 0 atom stereocenters. The summed E-state index contributed by atoms with van der Waals surface area (Å²) in [5.74, 6) is 0.237. The zero-order valence-electron chi connectivity index (χ0n) is 10.7. The van der Waals surface area contributed by atoms with Gasteiger partial charge in [-0.25, -0.2) is 9.78 Å². The molecule has 98 valence electrons. The fraction of sp³-hybridized carbons (Fsp3) is 0.154. The molecule has 0 amide bonds. The van der Waals surface area contributed by atoms with Crippen LogP contribution in [0, 0.1) is 0 Å². The molecule has 0 saturated heterocycles. The molecule has 0 aliphatic rings. The fourth-order valence-corrected chi connectivity index (χ4v) is 1.51. The van der Waals surface area contributed by atoms with Crippen LogP contribution in [0.1, 0.15) is 10.4 Å². The van der Waals surface area contributed by atoms with Gasteiger partial charge >= 0.3 is 5.97 Å². The smallest absolute Gasteiger partial charge is 0.335 e. The number of hydrogen-bond donors (Lipinski definition) is 2. The van der Waals surface area contributed by atoms with Gasteiger partial charge in [-0.05, 0) is 24.3 Å². The zero-order chi connectivity index (χ0) is 13.8. The molecule has 0 fully saturated rings. The molecule has 0 aliphatic carbocycles. The molecule has 2 aromatic rings. The highest BCUT2D eigenvalue weighted by Gasteiger charge is 2.05. The van der Waals surface area contributed by atoms with E-state index in [0.29, 0.717) is 17.5 Å². The molecule has 0 aliphatic heterocycles. The molecule has 0 spiro atoms. The Morgan fingerprint density at radius 1 is 1.32 bits per heavy atom. The molecular weight excluding hydrogens is 244 g/mol. The van der Waals surface area contributed by atoms with Crippen LogP contribution < -0.4 is 10.2 Å². The van der Waals surface area contributed by atoms with Crippen molar-refractivity contribution in [3.05, 3.63) is 42.1 Å². The Hall–Kier alpha value is -2.63. The molecule has 1 aromatic carbocycles. The van der Waals surface area contributed by atoms with Gasteiger partial charge in [0.15, 0.2) is 0 Å². The minimum absolute atomic E-state index is 0.229. The van der Waals surface area contributed by atoms with Crippen molar-refractivity contribution in [1.29, 1.82) is 0 Å². The first-order valence-electron chi connectivity index (χ1n) is 5.67. The van der Waals surface area contributed by atoms with E-state index < -0.39 is 5.97 Å². The highest BCUT2D eigenvalue weighted by Crippen LogP contribution is 2.17. The molecular formula is C13H14N4O2. The van der Waals surface area contributed by atoms with Gasteiger partial charge in [0, 0.05) is 26.0 Å². The summed E-state index contributed by atoms with van der Waals surface area (Å²) in [6.07, 6.45) is 1.64. The Morgan fingerprint density at radius 3 is 2.79 bits per heavy atom. The number of rotatable bonds is 4. The number of nitrogens with one attached hydrogen (secondary N) is 1. The highest BCUT2D eigenvalue weighted by atomic mass is 16.4. The van der Waals surface area contributed by atoms with Gasteiger partial charge in [0.25, 0.3) is 0 Å². The summed E-state index contributed by atoms with van der Waals surface area (Å²) in [7, 11) is 3.70. The van der Waals surface area contributed by atoms with E-state index in [-0.39, 0.29) is 5.56 Å². The zero-order valence-corrected chi connectivity index (χ0v) is 10.7. The van der Waals surface area contributed by atoms with Crippen LogP contribution in [0.4, 0.5) is 17.5 Å². The SMILES string of the molecule is CN(C)c1nccc(Nc2cccc(C(=O)O)c2)n1. The van der Waals surface area contributed by atoms with E-state index in [4.69, 9.17) is 5.11 Å². The second-order valence-corrected chi connectivity index (χ2v) is 4.15. The molecule has 19 heavy (non-hydrogen) atoms. The number of carbonyl (C=O) groups is 1. The van der Waals surface area contributed by atoms with Crippen molar-refractivity contribution in [2.75, 3.05) is 24.3 Å². The Balaban J connectivity index is 2.23. The maximum atomic E-state index is 10.9. The van der Waals surface area contributed by atoms with Crippen LogP contribution in [0.3, 0.4) is 0 Å². The van der Waals surface area contributed by atoms with Gasteiger partial charge in [-0.1, -0.05) is 6.07 Å². The van der Waals surface area contributed by atoms with Crippen LogP contribution in [0.15, 0.2) is 36.5 Å². The standard InChI is InChI=1S/C13H14N4O2/c1-17(2)13-14-7-6-11(16-13)15-10-5-3-4-9(8-10)12(18)19/h3-8H,1-2H3,(H,18,19)(H,14,15,16). The number of anilines is 3.